The van der Waals surface area contributed by atoms with Crippen molar-refractivity contribution >= 4 is 17.4 Å². The predicted molar refractivity (Wildman–Crippen MR) is 103 cm³/mol. The monoisotopic (exact) mass is 375 g/mol. The Balaban J connectivity index is 1.67. The zero-order chi connectivity index (χ0) is 20.1. The minimum Gasteiger partial charge on any atom is -0.457 e. The van der Waals surface area contributed by atoms with E-state index in [4.69, 9.17) is 4.74 Å². The van der Waals surface area contributed by atoms with Gasteiger partial charge in [0.1, 0.15) is 6.61 Å². The van der Waals surface area contributed by atoms with Gasteiger partial charge in [0.15, 0.2) is 5.78 Å². The molecular formula is C22H17NO5. The summed E-state index contributed by atoms with van der Waals surface area (Å²) >= 11 is 0. The number of carbonyl (C=O) groups is 2. The number of ketones is 1. The summed E-state index contributed by atoms with van der Waals surface area (Å²) in [6, 6.07) is 20.0. The maximum atomic E-state index is 12.4. The first kappa shape index (κ1) is 19.0. The highest BCUT2D eigenvalue weighted by atomic mass is 16.6. The molecule has 0 N–H and O–H groups in total. The van der Waals surface area contributed by atoms with Crippen LogP contribution in [0, 0.1) is 17.0 Å². The van der Waals surface area contributed by atoms with E-state index in [0.29, 0.717) is 16.7 Å². The van der Waals surface area contributed by atoms with Crippen molar-refractivity contribution < 1.29 is 19.2 Å². The number of nitro benzene ring substituents is 1. The van der Waals surface area contributed by atoms with Crippen LogP contribution in [-0.2, 0) is 11.3 Å². The second kappa shape index (κ2) is 8.26. The van der Waals surface area contributed by atoms with Crippen molar-refractivity contribution in [1.82, 2.24) is 0 Å². The lowest BCUT2D eigenvalue weighted by molar-refractivity contribution is -0.385. The normalized spacial score (nSPS) is 10.3. The zero-order valence-corrected chi connectivity index (χ0v) is 15.1. The van der Waals surface area contributed by atoms with Crippen LogP contribution in [0.5, 0.6) is 0 Å². The quantitative estimate of drug-likeness (QED) is 0.274. The van der Waals surface area contributed by atoms with Crippen molar-refractivity contribution in [2.75, 3.05) is 0 Å². The number of ether oxygens (including phenoxy) is 1. The Hall–Kier alpha value is -3.80. The van der Waals surface area contributed by atoms with Crippen molar-refractivity contribution in [3.63, 3.8) is 0 Å². The van der Waals surface area contributed by atoms with E-state index in [1.165, 1.54) is 25.1 Å². The van der Waals surface area contributed by atoms with Gasteiger partial charge in [0.05, 0.1) is 10.5 Å². The van der Waals surface area contributed by atoms with E-state index in [2.05, 4.69) is 0 Å². The third-order valence-electron chi connectivity index (χ3n) is 4.34. The van der Waals surface area contributed by atoms with Crippen molar-refractivity contribution in [3.8, 4) is 0 Å². The summed E-state index contributed by atoms with van der Waals surface area (Å²) in [7, 11) is 0. The van der Waals surface area contributed by atoms with E-state index in [-0.39, 0.29) is 29.2 Å². The van der Waals surface area contributed by atoms with Gasteiger partial charge in [0, 0.05) is 22.8 Å². The number of esters is 1. The standard InChI is InChI=1S/C22H17NO5/c1-15-19(8-5-9-20(15)23(26)27)22(25)28-14-16-10-12-18(13-11-16)21(24)17-6-3-2-4-7-17/h2-13H,14H2,1H3. The van der Waals surface area contributed by atoms with Crippen LogP contribution in [0.2, 0.25) is 0 Å². The van der Waals surface area contributed by atoms with Gasteiger partial charge in [0.25, 0.3) is 5.69 Å². The molecule has 0 unspecified atom stereocenters. The second-order valence-corrected chi connectivity index (χ2v) is 6.18. The molecule has 0 aromatic heterocycles. The number of nitrogens with zero attached hydrogens (tertiary/aromatic N) is 1. The molecule has 0 bridgehead atoms. The molecular weight excluding hydrogens is 358 g/mol. The van der Waals surface area contributed by atoms with Gasteiger partial charge in [-0.2, -0.15) is 0 Å². The largest absolute Gasteiger partial charge is 0.457 e. The molecule has 0 aliphatic carbocycles. The van der Waals surface area contributed by atoms with Crippen LogP contribution in [0.3, 0.4) is 0 Å². The van der Waals surface area contributed by atoms with Crippen molar-refractivity contribution in [1.29, 1.82) is 0 Å². The second-order valence-electron chi connectivity index (χ2n) is 6.18. The summed E-state index contributed by atoms with van der Waals surface area (Å²) in [4.78, 5) is 35.1. The third-order valence-corrected chi connectivity index (χ3v) is 4.34. The first-order valence-corrected chi connectivity index (χ1v) is 8.57. The Morgan fingerprint density at radius 1 is 0.893 bits per heavy atom. The highest BCUT2D eigenvalue weighted by molar-refractivity contribution is 6.08. The van der Waals surface area contributed by atoms with Gasteiger partial charge in [-0.3, -0.25) is 14.9 Å². The molecule has 0 spiro atoms. The number of hydrogen-bond acceptors (Lipinski definition) is 5. The van der Waals surface area contributed by atoms with Gasteiger partial charge in [-0.1, -0.05) is 60.7 Å². The van der Waals surface area contributed by atoms with E-state index < -0.39 is 10.9 Å². The molecule has 28 heavy (non-hydrogen) atoms. The van der Waals surface area contributed by atoms with Crippen molar-refractivity contribution in [2.45, 2.75) is 13.5 Å². The summed E-state index contributed by atoms with van der Waals surface area (Å²) in [5.74, 6) is -0.720. The van der Waals surface area contributed by atoms with Crippen LogP contribution >= 0.6 is 0 Å². The van der Waals surface area contributed by atoms with Crippen LogP contribution < -0.4 is 0 Å². The first-order chi connectivity index (χ1) is 13.5. The van der Waals surface area contributed by atoms with E-state index in [1.807, 2.05) is 6.07 Å². The van der Waals surface area contributed by atoms with E-state index in [1.54, 1.807) is 48.5 Å². The summed E-state index contributed by atoms with van der Waals surface area (Å²) < 4.78 is 5.27. The van der Waals surface area contributed by atoms with Crippen LogP contribution in [0.15, 0.2) is 72.8 Å². The fraction of sp³-hybridized carbons (Fsp3) is 0.0909. The lowest BCUT2D eigenvalue weighted by Crippen LogP contribution is -2.08. The Kier molecular flexibility index (Phi) is 5.60. The summed E-state index contributed by atoms with van der Waals surface area (Å²) in [6.07, 6.45) is 0. The van der Waals surface area contributed by atoms with E-state index in [0.717, 1.165) is 0 Å². The van der Waals surface area contributed by atoms with E-state index >= 15 is 0 Å². The fourth-order valence-electron chi connectivity index (χ4n) is 2.78. The first-order valence-electron chi connectivity index (χ1n) is 8.57. The molecule has 3 aromatic rings. The fourth-order valence-corrected chi connectivity index (χ4v) is 2.78. The van der Waals surface area contributed by atoms with Crippen LogP contribution in [0.1, 0.15) is 37.4 Å². The molecule has 0 heterocycles. The Morgan fingerprint density at radius 3 is 2.18 bits per heavy atom. The molecule has 0 saturated heterocycles. The molecule has 140 valence electrons. The zero-order valence-electron chi connectivity index (χ0n) is 15.1. The van der Waals surface area contributed by atoms with Gasteiger partial charge in [-0.15, -0.1) is 0 Å². The molecule has 0 fully saturated rings. The Bertz CT molecular complexity index is 1030. The van der Waals surface area contributed by atoms with Gasteiger partial charge in [-0.05, 0) is 18.6 Å². The molecule has 0 saturated carbocycles. The molecule has 0 aliphatic heterocycles. The highest BCUT2D eigenvalue weighted by Crippen LogP contribution is 2.22. The highest BCUT2D eigenvalue weighted by Gasteiger charge is 2.19. The summed E-state index contributed by atoms with van der Waals surface area (Å²) in [6.45, 7) is 1.51. The number of carbonyl (C=O) groups excluding carboxylic acids is 2. The van der Waals surface area contributed by atoms with Gasteiger partial charge < -0.3 is 4.74 Å². The topological polar surface area (TPSA) is 86.5 Å². The Morgan fingerprint density at radius 2 is 1.54 bits per heavy atom. The van der Waals surface area contributed by atoms with Crippen LogP contribution in [0.4, 0.5) is 5.69 Å². The number of hydrogen-bond donors (Lipinski definition) is 0. The lowest BCUT2D eigenvalue weighted by atomic mass is 10.0. The molecule has 6 nitrogen and oxygen atoms in total. The molecule has 0 aliphatic rings. The number of benzene rings is 3. The summed E-state index contributed by atoms with van der Waals surface area (Å²) in [5, 5.41) is 11.0. The average molecular weight is 375 g/mol. The molecule has 0 amide bonds. The van der Waals surface area contributed by atoms with Gasteiger partial charge in [-0.25, -0.2) is 4.79 Å². The molecule has 0 atom stereocenters. The van der Waals surface area contributed by atoms with Gasteiger partial charge in [0.2, 0.25) is 0 Å². The molecule has 3 aromatic carbocycles. The van der Waals surface area contributed by atoms with Gasteiger partial charge >= 0.3 is 5.97 Å². The predicted octanol–water partition coefficient (Wildman–Crippen LogP) is 4.49. The van der Waals surface area contributed by atoms with E-state index in [9.17, 15) is 19.7 Å². The maximum Gasteiger partial charge on any atom is 0.338 e. The smallest absolute Gasteiger partial charge is 0.338 e. The summed E-state index contributed by atoms with van der Waals surface area (Å²) in [5.41, 5.74) is 2.14. The minimum absolute atomic E-state index is 0.000767. The third kappa shape index (κ3) is 4.12. The maximum absolute atomic E-state index is 12.4. The van der Waals surface area contributed by atoms with Crippen molar-refractivity contribution in [3.05, 3.63) is 111 Å². The molecule has 3 rings (SSSR count). The Labute approximate surface area is 161 Å². The number of nitro groups is 1. The minimum atomic E-state index is -0.634. The number of rotatable bonds is 6. The molecule has 0 radical (unpaired) electrons. The van der Waals surface area contributed by atoms with Crippen molar-refractivity contribution in [2.24, 2.45) is 0 Å². The SMILES string of the molecule is Cc1c(C(=O)OCc2ccc(C(=O)c3ccccc3)cc2)cccc1[N+](=O)[O-]. The lowest BCUT2D eigenvalue weighted by Gasteiger charge is -2.08. The molecule has 6 heteroatoms. The van der Waals surface area contributed by atoms with Crippen LogP contribution in [0.25, 0.3) is 0 Å². The van der Waals surface area contributed by atoms with Crippen LogP contribution in [-0.4, -0.2) is 16.7 Å². The average Bonchev–Trinajstić information content (AvgIpc) is 2.72.